The zero-order valence-electron chi connectivity index (χ0n) is 21.0. The van der Waals surface area contributed by atoms with E-state index in [1.807, 2.05) is 47.4 Å². The van der Waals surface area contributed by atoms with Crippen molar-refractivity contribution >= 4 is 22.6 Å². The minimum atomic E-state index is -0.194. The van der Waals surface area contributed by atoms with Crippen LogP contribution in [-0.2, 0) is 9.53 Å². The summed E-state index contributed by atoms with van der Waals surface area (Å²) in [5, 5.41) is 5.25. The second kappa shape index (κ2) is 11.2. The summed E-state index contributed by atoms with van der Waals surface area (Å²) in [7, 11) is 0. The van der Waals surface area contributed by atoms with Crippen LogP contribution in [0.1, 0.15) is 40.4 Å². The first kappa shape index (κ1) is 24.5. The van der Waals surface area contributed by atoms with Gasteiger partial charge in [0.2, 0.25) is 5.91 Å². The van der Waals surface area contributed by atoms with Gasteiger partial charge in [-0.3, -0.25) is 14.5 Å². The number of likely N-dealkylation sites (tertiary alicyclic amines) is 1. The van der Waals surface area contributed by atoms with Crippen LogP contribution in [0.15, 0.2) is 66.7 Å². The average molecular weight is 486 g/mol. The van der Waals surface area contributed by atoms with Crippen molar-refractivity contribution in [1.82, 2.24) is 15.1 Å². The maximum atomic E-state index is 13.4. The highest BCUT2D eigenvalue weighted by molar-refractivity contribution is 6.07. The van der Waals surface area contributed by atoms with Crippen LogP contribution < -0.4 is 5.32 Å². The van der Waals surface area contributed by atoms with Crippen molar-refractivity contribution in [2.45, 2.75) is 25.8 Å². The Morgan fingerprint density at radius 3 is 2.61 bits per heavy atom. The van der Waals surface area contributed by atoms with Gasteiger partial charge in [-0.05, 0) is 42.2 Å². The monoisotopic (exact) mass is 485 g/mol. The molecule has 0 radical (unpaired) electrons. The number of aryl methyl sites for hydroxylation is 1. The molecule has 1 N–H and O–H groups in total. The molecular formula is C30H35N3O3. The molecule has 0 saturated carbocycles. The molecule has 6 heteroatoms. The number of ether oxygens (including phenoxy) is 1. The number of carbonyl (C=O) groups is 2. The van der Waals surface area contributed by atoms with Gasteiger partial charge in [0.25, 0.3) is 5.91 Å². The third kappa shape index (κ3) is 5.45. The lowest BCUT2D eigenvalue weighted by Gasteiger charge is -2.36. The number of amides is 2. The van der Waals surface area contributed by atoms with Crippen LogP contribution in [0.5, 0.6) is 0 Å². The minimum Gasteiger partial charge on any atom is -0.379 e. The molecule has 2 atom stereocenters. The van der Waals surface area contributed by atoms with E-state index in [1.54, 1.807) is 0 Å². The molecule has 0 aliphatic carbocycles. The highest BCUT2D eigenvalue weighted by atomic mass is 16.5. The number of hydrogen-bond acceptors (Lipinski definition) is 4. The standard InChI is InChI=1S/C30H35N3O3/c1-22-7-4-10-24(19-22)28(32-15-17-36-18-16-32)20-31-29(34)25-11-6-14-33(21-25)30(35)27-13-5-9-23-8-2-3-12-26(23)27/h2-5,7-10,12-13,19,25,28H,6,11,14-18,20-21H2,1H3,(H,31,34). The Morgan fingerprint density at radius 1 is 1.00 bits per heavy atom. The Labute approximate surface area is 213 Å². The Bertz CT molecular complexity index is 1220. The van der Waals surface area contributed by atoms with Gasteiger partial charge in [0.05, 0.1) is 25.2 Å². The van der Waals surface area contributed by atoms with Gasteiger partial charge < -0.3 is 15.0 Å². The SMILES string of the molecule is Cc1cccc(C(CNC(=O)C2CCCN(C(=O)c3cccc4ccccc34)C2)N2CCOCC2)c1. The molecule has 3 aromatic carbocycles. The van der Waals surface area contributed by atoms with Gasteiger partial charge in [-0.1, -0.05) is 66.2 Å². The zero-order valence-corrected chi connectivity index (χ0v) is 21.0. The number of nitrogens with one attached hydrogen (secondary N) is 1. The van der Waals surface area contributed by atoms with Crippen molar-refractivity contribution in [2.24, 2.45) is 5.92 Å². The van der Waals surface area contributed by atoms with E-state index in [0.29, 0.717) is 38.4 Å². The molecule has 36 heavy (non-hydrogen) atoms. The number of rotatable bonds is 6. The van der Waals surface area contributed by atoms with Crippen molar-refractivity contribution in [2.75, 3.05) is 45.9 Å². The van der Waals surface area contributed by atoms with E-state index in [-0.39, 0.29) is 23.8 Å². The van der Waals surface area contributed by atoms with Crippen molar-refractivity contribution in [3.63, 3.8) is 0 Å². The van der Waals surface area contributed by atoms with Crippen LogP contribution in [0.25, 0.3) is 10.8 Å². The second-order valence-electron chi connectivity index (χ2n) is 9.94. The molecule has 2 unspecified atom stereocenters. The first-order valence-electron chi connectivity index (χ1n) is 13.0. The van der Waals surface area contributed by atoms with Crippen LogP contribution in [-0.4, -0.2) is 67.6 Å². The quantitative estimate of drug-likeness (QED) is 0.569. The van der Waals surface area contributed by atoms with E-state index in [4.69, 9.17) is 4.74 Å². The van der Waals surface area contributed by atoms with Gasteiger partial charge in [-0.15, -0.1) is 0 Å². The van der Waals surface area contributed by atoms with E-state index in [9.17, 15) is 9.59 Å². The van der Waals surface area contributed by atoms with Crippen molar-refractivity contribution in [1.29, 1.82) is 0 Å². The summed E-state index contributed by atoms with van der Waals surface area (Å²) in [5.74, 6) is -0.146. The van der Waals surface area contributed by atoms with E-state index in [1.165, 1.54) is 11.1 Å². The van der Waals surface area contributed by atoms with Crippen LogP contribution in [0.4, 0.5) is 0 Å². The number of piperidine rings is 1. The molecule has 0 aromatic heterocycles. The molecule has 0 bridgehead atoms. The summed E-state index contributed by atoms with van der Waals surface area (Å²) < 4.78 is 5.56. The number of benzene rings is 3. The Kier molecular flexibility index (Phi) is 7.63. The van der Waals surface area contributed by atoms with E-state index < -0.39 is 0 Å². The summed E-state index contributed by atoms with van der Waals surface area (Å²) in [5.41, 5.74) is 3.14. The topological polar surface area (TPSA) is 61.9 Å². The molecule has 2 aliphatic rings. The maximum absolute atomic E-state index is 13.4. The molecule has 2 heterocycles. The van der Waals surface area contributed by atoms with Gasteiger partial charge in [-0.25, -0.2) is 0 Å². The number of morpholine rings is 1. The molecule has 2 aliphatic heterocycles. The van der Waals surface area contributed by atoms with Gasteiger partial charge >= 0.3 is 0 Å². The summed E-state index contributed by atoms with van der Waals surface area (Å²) >= 11 is 0. The summed E-state index contributed by atoms with van der Waals surface area (Å²) in [6.45, 7) is 6.93. The van der Waals surface area contributed by atoms with Crippen molar-refractivity contribution < 1.29 is 14.3 Å². The molecule has 0 spiro atoms. The van der Waals surface area contributed by atoms with Gasteiger partial charge in [0.1, 0.15) is 0 Å². The fourth-order valence-corrected chi connectivity index (χ4v) is 5.52. The zero-order chi connectivity index (χ0) is 24.9. The normalized spacial score (nSPS) is 19.7. The summed E-state index contributed by atoms with van der Waals surface area (Å²) in [6, 6.07) is 22.5. The molecule has 6 nitrogen and oxygen atoms in total. The van der Waals surface area contributed by atoms with E-state index in [2.05, 4.69) is 41.4 Å². The van der Waals surface area contributed by atoms with E-state index in [0.717, 1.165) is 36.7 Å². The van der Waals surface area contributed by atoms with E-state index >= 15 is 0 Å². The lowest BCUT2D eigenvalue weighted by molar-refractivity contribution is -0.126. The summed E-state index contributed by atoms with van der Waals surface area (Å²) in [6.07, 6.45) is 1.64. The Balaban J connectivity index is 1.26. The number of carbonyl (C=O) groups excluding carboxylic acids is 2. The van der Waals surface area contributed by atoms with Crippen LogP contribution >= 0.6 is 0 Å². The van der Waals surface area contributed by atoms with Crippen LogP contribution in [0, 0.1) is 12.8 Å². The second-order valence-corrected chi connectivity index (χ2v) is 9.94. The molecule has 2 fully saturated rings. The molecule has 5 rings (SSSR count). The molecular weight excluding hydrogens is 450 g/mol. The molecule has 3 aromatic rings. The highest BCUT2D eigenvalue weighted by Crippen LogP contribution is 2.25. The number of nitrogens with zero attached hydrogens (tertiary/aromatic N) is 2. The molecule has 188 valence electrons. The summed E-state index contributed by atoms with van der Waals surface area (Å²) in [4.78, 5) is 31.0. The van der Waals surface area contributed by atoms with Crippen LogP contribution in [0.2, 0.25) is 0 Å². The van der Waals surface area contributed by atoms with Gasteiger partial charge in [-0.2, -0.15) is 0 Å². The minimum absolute atomic E-state index is 0.00949. The Hall–Kier alpha value is -3.22. The predicted molar refractivity (Wildman–Crippen MR) is 142 cm³/mol. The maximum Gasteiger partial charge on any atom is 0.254 e. The third-order valence-electron chi connectivity index (χ3n) is 7.48. The number of hydrogen-bond donors (Lipinski definition) is 1. The lowest BCUT2D eigenvalue weighted by atomic mass is 9.95. The first-order valence-corrected chi connectivity index (χ1v) is 13.0. The van der Waals surface area contributed by atoms with Gasteiger partial charge in [0, 0.05) is 38.3 Å². The average Bonchev–Trinajstić information content (AvgIpc) is 2.93. The molecule has 2 saturated heterocycles. The first-order chi connectivity index (χ1) is 17.6. The van der Waals surface area contributed by atoms with Crippen molar-refractivity contribution in [3.8, 4) is 0 Å². The smallest absolute Gasteiger partial charge is 0.254 e. The fourth-order valence-electron chi connectivity index (χ4n) is 5.52. The molecule has 2 amide bonds. The highest BCUT2D eigenvalue weighted by Gasteiger charge is 2.31. The number of fused-ring (bicyclic) bond motifs is 1. The van der Waals surface area contributed by atoms with Gasteiger partial charge in [0.15, 0.2) is 0 Å². The fraction of sp³-hybridized carbons (Fsp3) is 0.400. The third-order valence-corrected chi connectivity index (χ3v) is 7.48. The lowest BCUT2D eigenvalue weighted by Crippen LogP contribution is -2.48. The largest absolute Gasteiger partial charge is 0.379 e. The predicted octanol–water partition coefficient (Wildman–Crippen LogP) is 4.19. The Morgan fingerprint density at radius 2 is 1.78 bits per heavy atom. The van der Waals surface area contributed by atoms with Crippen molar-refractivity contribution in [3.05, 3.63) is 83.4 Å². The van der Waals surface area contributed by atoms with Crippen LogP contribution in [0.3, 0.4) is 0 Å².